The predicted octanol–water partition coefficient (Wildman–Crippen LogP) is 12.2. The molecule has 0 rings (SSSR count). The summed E-state index contributed by atoms with van der Waals surface area (Å²) in [6.07, 6.45) is 43.3. The van der Waals surface area contributed by atoms with Crippen LogP contribution in [-0.4, -0.2) is 49.3 Å². The standard InChI is InChI=1S/C43H80NO8P/c1-3-5-7-9-11-13-15-17-18-19-20-21-22-24-25-27-29-31-33-35-42(45)49-39-41(40-51-53(47,48)50-38-37-44)52-43(46)36-34-32-30-28-26-23-16-14-12-10-8-6-4-2/h6,8,12,14,23,26,41H,3-5,7,9-11,13,15-22,24-25,27-40,44H2,1-2H3,(H,47,48)/b8-6-,14-12-,26-23-. The number of nitrogens with two attached hydrogens (primary N) is 1. The minimum atomic E-state index is -4.38. The molecule has 53 heavy (non-hydrogen) atoms. The van der Waals surface area contributed by atoms with Gasteiger partial charge in [0.15, 0.2) is 6.10 Å². The van der Waals surface area contributed by atoms with E-state index in [0.29, 0.717) is 6.42 Å². The number of ether oxygens (including phenoxy) is 2. The van der Waals surface area contributed by atoms with E-state index in [1.165, 1.54) is 103 Å². The van der Waals surface area contributed by atoms with Gasteiger partial charge in [-0.3, -0.25) is 18.6 Å². The molecule has 310 valence electrons. The molecular formula is C43H80NO8P. The lowest BCUT2D eigenvalue weighted by Crippen LogP contribution is -2.29. The van der Waals surface area contributed by atoms with Crippen molar-refractivity contribution in [2.45, 2.75) is 200 Å². The lowest BCUT2D eigenvalue weighted by molar-refractivity contribution is -0.161. The maximum Gasteiger partial charge on any atom is 0.472 e. The average Bonchev–Trinajstić information content (AvgIpc) is 3.14. The van der Waals surface area contributed by atoms with Gasteiger partial charge >= 0.3 is 19.8 Å². The van der Waals surface area contributed by atoms with Crippen LogP contribution >= 0.6 is 7.82 Å². The fraction of sp³-hybridized carbons (Fsp3) is 0.814. The highest BCUT2D eigenvalue weighted by Gasteiger charge is 2.26. The predicted molar refractivity (Wildman–Crippen MR) is 220 cm³/mol. The van der Waals surface area contributed by atoms with Crippen molar-refractivity contribution in [3.63, 3.8) is 0 Å². The molecule has 0 aliphatic carbocycles. The smallest absolute Gasteiger partial charge is 0.462 e. The molecular weight excluding hydrogens is 689 g/mol. The molecule has 0 saturated carbocycles. The zero-order chi connectivity index (χ0) is 38.9. The Morgan fingerprint density at radius 1 is 0.585 bits per heavy atom. The van der Waals surface area contributed by atoms with Crippen molar-refractivity contribution in [3.05, 3.63) is 36.5 Å². The molecule has 0 aliphatic heterocycles. The van der Waals surface area contributed by atoms with Crippen molar-refractivity contribution >= 4 is 19.8 Å². The third-order valence-electron chi connectivity index (χ3n) is 9.04. The second-order valence-electron chi connectivity index (χ2n) is 14.2. The third kappa shape index (κ3) is 39.7. The monoisotopic (exact) mass is 770 g/mol. The molecule has 9 nitrogen and oxygen atoms in total. The highest BCUT2D eigenvalue weighted by molar-refractivity contribution is 7.47. The number of phosphoric ester groups is 1. The van der Waals surface area contributed by atoms with Crippen LogP contribution in [-0.2, 0) is 32.7 Å². The molecule has 0 radical (unpaired) electrons. The second-order valence-corrected chi connectivity index (χ2v) is 15.6. The molecule has 10 heteroatoms. The van der Waals surface area contributed by atoms with Gasteiger partial charge in [0.1, 0.15) is 6.61 Å². The van der Waals surface area contributed by atoms with E-state index in [1.807, 2.05) is 0 Å². The molecule has 0 heterocycles. The van der Waals surface area contributed by atoms with Crippen molar-refractivity contribution in [2.75, 3.05) is 26.4 Å². The van der Waals surface area contributed by atoms with E-state index < -0.39 is 26.5 Å². The third-order valence-corrected chi connectivity index (χ3v) is 10.0. The summed E-state index contributed by atoms with van der Waals surface area (Å²) in [6.45, 7) is 3.59. The molecule has 0 bridgehead atoms. The first-order valence-electron chi connectivity index (χ1n) is 21.5. The Labute approximate surface area is 324 Å². The van der Waals surface area contributed by atoms with Gasteiger partial charge in [0, 0.05) is 19.4 Å². The highest BCUT2D eigenvalue weighted by atomic mass is 31.2. The first kappa shape index (κ1) is 51.2. The normalized spacial score (nSPS) is 13.7. The fourth-order valence-corrected chi connectivity index (χ4v) is 6.65. The molecule has 3 N–H and O–H groups in total. The minimum absolute atomic E-state index is 0.0488. The van der Waals surface area contributed by atoms with Crippen LogP contribution in [0.1, 0.15) is 194 Å². The number of allylic oxidation sites excluding steroid dienone is 6. The quantitative estimate of drug-likeness (QED) is 0.0270. The molecule has 0 fully saturated rings. The molecule has 0 aliphatic rings. The van der Waals surface area contributed by atoms with Crippen molar-refractivity contribution in [1.29, 1.82) is 0 Å². The van der Waals surface area contributed by atoms with Gasteiger partial charge in [0.2, 0.25) is 0 Å². The Morgan fingerprint density at radius 2 is 1.04 bits per heavy atom. The van der Waals surface area contributed by atoms with Gasteiger partial charge in [-0.05, 0) is 44.9 Å². The van der Waals surface area contributed by atoms with Gasteiger partial charge < -0.3 is 20.1 Å². The van der Waals surface area contributed by atoms with Crippen LogP contribution in [0.4, 0.5) is 0 Å². The maximum absolute atomic E-state index is 12.5. The minimum Gasteiger partial charge on any atom is -0.462 e. The molecule has 0 spiro atoms. The number of phosphoric acid groups is 1. The zero-order valence-corrected chi connectivity index (χ0v) is 34.9. The Hall–Kier alpha value is -1.77. The van der Waals surface area contributed by atoms with Gasteiger partial charge in [-0.25, -0.2) is 4.57 Å². The van der Waals surface area contributed by atoms with Crippen LogP contribution in [0, 0.1) is 0 Å². The summed E-state index contributed by atoms with van der Waals surface area (Å²) in [7, 11) is -4.38. The van der Waals surface area contributed by atoms with Crippen LogP contribution in [0.3, 0.4) is 0 Å². The summed E-state index contributed by atoms with van der Waals surface area (Å²) < 4.78 is 32.7. The van der Waals surface area contributed by atoms with E-state index in [1.54, 1.807) is 0 Å². The van der Waals surface area contributed by atoms with E-state index in [-0.39, 0.29) is 38.6 Å². The SMILES string of the molecule is CC/C=C\C/C=C\C/C=C\CCCCCC(=O)OC(COC(=O)CCCCCCCCCCCCCCCCCCCCC)COP(=O)(O)OCCN. The van der Waals surface area contributed by atoms with Gasteiger partial charge in [0.25, 0.3) is 0 Å². The van der Waals surface area contributed by atoms with Crippen LogP contribution < -0.4 is 5.73 Å². The molecule has 2 unspecified atom stereocenters. The molecule has 0 saturated heterocycles. The highest BCUT2D eigenvalue weighted by Crippen LogP contribution is 2.43. The lowest BCUT2D eigenvalue weighted by atomic mass is 10.0. The number of carbonyl (C=O) groups excluding carboxylic acids is 2. The second kappa shape index (κ2) is 39.9. The topological polar surface area (TPSA) is 134 Å². The molecule has 0 amide bonds. The van der Waals surface area contributed by atoms with Crippen molar-refractivity contribution in [3.8, 4) is 0 Å². The number of rotatable bonds is 40. The lowest BCUT2D eigenvalue weighted by Gasteiger charge is -2.19. The summed E-state index contributed by atoms with van der Waals surface area (Å²) >= 11 is 0. The van der Waals surface area contributed by atoms with Crippen molar-refractivity contribution < 1.29 is 37.6 Å². The Balaban J connectivity index is 4.12. The molecule has 2 atom stereocenters. The summed E-state index contributed by atoms with van der Waals surface area (Å²) in [5.41, 5.74) is 5.34. The Morgan fingerprint density at radius 3 is 1.55 bits per heavy atom. The number of unbranched alkanes of at least 4 members (excludes halogenated alkanes) is 21. The van der Waals surface area contributed by atoms with E-state index in [2.05, 4.69) is 50.3 Å². The van der Waals surface area contributed by atoms with Crippen LogP contribution in [0.2, 0.25) is 0 Å². The largest absolute Gasteiger partial charge is 0.472 e. The van der Waals surface area contributed by atoms with Crippen molar-refractivity contribution in [2.24, 2.45) is 5.73 Å². The van der Waals surface area contributed by atoms with Gasteiger partial charge in [-0.1, -0.05) is 172 Å². The molecule has 0 aromatic carbocycles. The van der Waals surface area contributed by atoms with Gasteiger partial charge in [-0.2, -0.15) is 0 Å². The number of hydrogen-bond donors (Lipinski definition) is 2. The van der Waals surface area contributed by atoms with Crippen LogP contribution in [0.25, 0.3) is 0 Å². The van der Waals surface area contributed by atoms with Crippen LogP contribution in [0.15, 0.2) is 36.5 Å². The molecule has 0 aromatic rings. The summed E-state index contributed by atoms with van der Waals surface area (Å²) in [6, 6.07) is 0. The van der Waals surface area contributed by atoms with E-state index in [0.717, 1.165) is 57.8 Å². The summed E-state index contributed by atoms with van der Waals surface area (Å²) in [5, 5.41) is 0. The zero-order valence-electron chi connectivity index (χ0n) is 34.0. The summed E-state index contributed by atoms with van der Waals surface area (Å²) in [4.78, 5) is 34.8. The van der Waals surface area contributed by atoms with Crippen molar-refractivity contribution in [1.82, 2.24) is 0 Å². The van der Waals surface area contributed by atoms with E-state index >= 15 is 0 Å². The first-order chi connectivity index (χ1) is 25.8. The number of hydrogen-bond acceptors (Lipinski definition) is 8. The maximum atomic E-state index is 12.5. The van der Waals surface area contributed by atoms with Gasteiger partial charge in [-0.15, -0.1) is 0 Å². The first-order valence-corrected chi connectivity index (χ1v) is 23.0. The number of esters is 2. The van der Waals surface area contributed by atoms with E-state index in [9.17, 15) is 19.0 Å². The van der Waals surface area contributed by atoms with Gasteiger partial charge in [0.05, 0.1) is 13.2 Å². The molecule has 0 aromatic heterocycles. The Bertz CT molecular complexity index is 970. The summed E-state index contributed by atoms with van der Waals surface area (Å²) in [5.74, 6) is -0.858. The average molecular weight is 770 g/mol. The fourth-order valence-electron chi connectivity index (χ4n) is 5.88. The van der Waals surface area contributed by atoms with E-state index in [4.69, 9.17) is 24.3 Å². The van der Waals surface area contributed by atoms with Crippen LogP contribution in [0.5, 0.6) is 0 Å². The Kier molecular flexibility index (Phi) is 38.6. The number of carbonyl (C=O) groups is 2.